The van der Waals surface area contributed by atoms with Crippen molar-refractivity contribution in [3.05, 3.63) is 51.5 Å². The van der Waals surface area contributed by atoms with Gasteiger partial charge in [-0.15, -0.1) is 0 Å². The van der Waals surface area contributed by atoms with E-state index in [9.17, 15) is 9.18 Å². The lowest BCUT2D eigenvalue weighted by atomic mass is 10.1. The van der Waals surface area contributed by atoms with Crippen molar-refractivity contribution < 1.29 is 9.18 Å². The van der Waals surface area contributed by atoms with Crippen LogP contribution in [0.2, 0.25) is 0 Å². The first kappa shape index (κ1) is 13.9. The van der Waals surface area contributed by atoms with Crippen LogP contribution < -0.4 is 0 Å². The Labute approximate surface area is 119 Å². The van der Waals surface area contributed by atoms with E-state index in [1.54, 1.807) is 29.9 Å². The highest BCUT2D eigenvalue weighted by molar-refractivity contribution is 9.10. The van der Waals surface area contributed by atoms with Crippen molar-refractivity contribution in [3.63, 3.8) is 0 Å². The van der Waals surface area contributed by atoms with E-state index in [1.807, 2.05) is 6.92 Å². The fraction of sp³-hybridized carbons (Fsp3) is 0.286. The molecule has 2 rings (SSSR count). The van der Waals surface area contributed by atoms with Crippen molar-refractivity contribution in [2.45, 2.75) is 19.8 Å². The molecule has 3 nitrogen and oxygen atoms in total. The molecule has 100 valence electrons. The molecule has 5 heteroatoms. The molecule has 1 aromatic carbocycles. The van der Waals surface area contributed by atoms with E-state index in [0.29, 0.717) is 11.3 Å². The molecule has 0 amide bonds. The van der Waals surface area contributed by atoms with Gasteiger partial charge < -0.3 is 0 Å². The molecule has 0 saturated carbocycles. The fourth-order valence-corrected chi connectivity index (χ4v) is 2.31. The smallest absolute Gasteiger partial charge is 0.185 e. The van der Waals surface area contributed by atoms with Gasteiger partial charge in [0.15, 0.2) is 5.78 Å². The third-order valence-electron chi connectivity index (χ3n) is 2.94. The fourth-order valence-electron chi connectivity index (χ4n) is 1.90. The van der Waals surface area contributed by atoms with Gasteiger partial charge in [-0.3, -0.25) is 9.48 Å². The van der Waals surface area contributed by atoms with Gasteiger partial charge in [-0.2, -0.15) is 5.10 Å². The maximum Gasteiger partial charge on any atom is 0.185 e. The Bertz CT molecular complexity index is 622. The molecule has 0 fully saturated rings. The van der Waals surface area contributed by atoms with Crippen LogP contribution in [0.25, 0.3) is 0 Å². The van der Waals surface area contributed by atoms with Gasteiger partial charge in [0.2, 0.25) is 0 Å². The zero-order chi connectivity index (χ0) is 14.0. The average molecular weight is 325 g/mol. The highest BCUT2D eigenvalue weighted by Gasteiger charge is 2.15. The number of ketones is 1. The van der Waals surface area contributed by atoms with Crippen LogP contribution in [0.15, 0.2) is 28.7 Å². The van der Waals surface area contributed by atoms with Gasteiger partial charge >= 0.3 is 0 Å². The van der Waals surface area contributed by atoms with Crippen LogP contribution in [0.5, 0.6) is 0 Å². The molecule has 0 atom stereocenters. The molecule has 0 aliphatic heterocycles. The second kappa shape index (κ2) is 5.65. The van der Waals surface area contributed by atoms with Crippen LogP contribution in [0.3, 0.4) is 0 Å². The number of hydrogen-bond acceptors (Lipinski definition) is 2. The summed E-state index contributed by atoms with van der Waals surface area (Å²) in [5, 5.41) is 4.22. The van der Waals surface area contributed by atoms with Crippen molar-refractivity contribution in [1.82, 2.24) is 9.78 Å². The van der Waals surface area contributed by atoms with E-state index >= 15 is 0 Å². The summed E-state index contributed by atoms with van der Waals surface area (Å²) in [6.45, 7) is 1.98. The van der Waals surface area contributed by atoms with Gasteiger partial charge in [0.25, 0.3) is 0 Å². The summed E-state index contributed by atoms with van der Waals surface area (Å²) >= 11 is 3.28. The lowest BCUT2D eigenvalue weighted by Gasteiger charge is -2.04. The molecule has 2 aromatic rings. The molecular formula is C14H14BrFN2O. The zero-order valence-corrected chi connectivity index (χ0v) is 12.4. The number of carbonyl (C=O) groups is 1. The number of Topliss-reactive ketones (excluding diaryl/α,β-unsaturated/α-hetero) is 1. The van der Waals surface area contributed by atoms with Crippen molar-refractivity contribution in [2.75, 3.05) is 0 Å². The Kier molecular flexibility index (Phi) is 4.14. The monoisotopic (exact) mass is 324 g/mol. The van der Waals surface area contributed by atoms with E-state index in [1.165, 1.54) is 6.07 Å². The quantitative estimate of drug-likeness (QED) is 0.809. The molecular weight excluding hydrogens is 311 g/mol. The first-order valence-corrected chi connectivity index (χ1v) is 6.80. The summed E-state index contributed by atoms with van der Waals surface area (Å²) in [5.41, 5.74) is 1.76. The minimum atomic E-state index is -0.366. The van der Waals surface area contributed by atoms with Crippen LogP contribution in [-0.2, 0) is 19.9 Å². The minimum Gasteiger partial charge on any atom is -0.292 e. The molecule has 0 N–H and O–H groups in total. The van der Waals surface area contributed by atoms with E-state index in [-0.39, 0.29) is 18.0 Å². The van der Waals surface area contributed by atoms with Crippen LogP contribution in [0.1, 0.15) is 28.7 Å². The maximum atomic E-state index is 13.6. The molecule has 0 aliphatic rings. The number of halogens is 2. The summed E-state index contributed by atoms with van der Waals surface area (Å²) in [5.74, 6) is -0.499. The summed E-state index contributed by atoms with van der Waals surface area (Å²) in [4.78, 5) is 12.2. The number of carbonyl (C=O) groups excluding carboxylic acids is 1. The molecule has 1 heterocycles. The molecule has 1 aromatic heterocycles. The van der Waals surface area contributed by atoms with Gasteiger partial charge in [-0.25, -0.2) is 4.39 Å². The van der Waals surface area contributed by atoms with Gasteiger partial charge in [-0.1, -0.05) is 22.9 Å². The predicted octanol–water partition coefficient (Wildman–Crippen LogP) is 3.31. The molecule has 0 saturated heterocycles. The number of benzene rings is 1. The van der Waals surface area contributed by atoms with Gasteiger partial charge in [0.1, 0.15) is 11.5 Å². The molecule has 0 aliphatic carbocycles. The number of nitrogens with zero attached hydrogens (tertiary/aromatic N) is 2. The second-order valence-electron chi connectivity index (χ2n) is 4.33. The highest BCUT2D eigenvalue weighted by Crippen LogP contribution is 2.18. The normalized spacial score (nSPS) is 10.7. The minimum absolute atomic E-state index is 0.0357. The van der Waals surface area contributed by atoms with Crippen LogP contribution in [-0.4, -0.2) is 15.6 Å². The van der Waals surface area contributed by atoms with Crippen molar-refractivity contribution in [1.29, 1.82) is 0 Å². The van der Waals surface area contributed by atoms with E-state index in [0.717, 1.165) is 16.6 Å². The Balaban J connectivity index is 2.25. The van der Waals surface area contributed by atoms with Crippen LogP contribution in [0.4, 0.5) is 4.39 Å². The molecule has 0 spiro atoms. The lowest BCUT2D eigenvalue weighted by Crippen LogP contribution is -2.10. The third kappa shape index (κ3) is 3.10. The standard InChI is InChI=1S/C14H14BrFN2O/c1-3-11-8-13(18(2)17-11)14(19)7-9-6-10(15)4-5-12(9)16/h4-6,8H,3,7H2,1-2H3. The average Bonchev–Trinajstić information content (AvgIpc) is 2.75. The van der Waals surface area contributed by atoms with Gasteiger partial charge in [-0.05, 0) is 36.2 Å². The van der Waals surface area contributed by atoms with Crippen LogP contribution >= 0.6 is 15.9 Å². The third-order valence-corrected chi connectivity index (χ3v) is 3.43. The Hall–Kier alpha value is -1.49. The van der Waals surface area contributed by atoms with E-state index < -0.39 is 0 Å². The summed E-state index contributed by atoms with van der Waals surface area (Å²) in [7, 11) is 1.73. The Morgan fingerprint density at radius 1 is 1.42 bits per heavy atom. The van der Waals surface area contributed by atoms with E-state index in [2.05, 4.69) is 21.0 Å². The SMILES string of the molecule is CCc1cc(C(=O)Cc2cc(Br)ccc2F)n(C)n1. The Morgan fingerprint density at radius 2 is 2.16 bits per heavy atom. The first-order valence-electron chi connectivity index (χ1n) is 6.01. The van der Waals surface area contributed by atoms with Crippen molar-refractivity contribution >= 4 is 21.7 Å². The molecule has 19 heavy (non-hydrogen) atoms. The number of aryl methyl sites for hydroxylation is 2. The molecule has 0 radical (unpaired) electrons. The van der Waals surface area contributed by atoms with Crippen molar-refractivity contribution in [2.24, 2.45) is 7.05 Å². The van der Waals surface area contributed by atoms with Crippen LogP contribution in [0, 0.1) is 5.82 Å². The number of rotatable bonds is 4. The highest BCUT2D eigenvalue weighted by atomic mass is 79.9. The topological polar surface area (TPSA) is 34.9 Å². The summed E-state index contributed by atoms with van der Waals surface area (Å²) < 4.78 is 15.9. The maximum absolute atomic E-state index is 13.6. The molecule has 0 bridgehead atoms. The zero-order valence-electron chi connectivity index (χ0n) is 10.8. The largest absolute Gasteiger partial charge is 0.292 e. The van der Waals surface area contributed by atoms with Gasteiger partial charge in [0, 0.05) is 17.9 Å². The first-order chi connectivity index (χ1) is 9.01. The lowest BCUT2D eigenvalue weighted by molar-refractivity contribution is 0.0983. The van der Waals surface area contributed by atoms with Gasteiger partial charge in [0.05, 0.1) is 5.69 Å². The predicted molar refractivity (Wildman–Crippen MR) is 74.7 cm³/mol. The number of hydrogen-bond donors (Lipinski definition) is 0. The summed E-state index contributed by atoms with van der Waals surface area (Å²) in [6, 6.07) is 6.36. The summed E-state index contributed by atoms with van der Waals surface area (Å²) in [6.07, 6.45) is 0.806. The second-order valence-corrected chi connectivity index (χ2v) is 5.25. The molecule has 0 unspecified atom stereocenters. The Morgan fingerprint density at radius 3 is 2.79 bits per heavy atom. The van der Waals surface area contributed by atoms with Crippen molar-refractivity contribution in [3.8, 4) is 0 Å². The number of aromatic nitrogens is 2. The van der Waals surface area contributed by atoms with E-state index in [4.69, 9.17) is 0 Å².